The van der Waals surface area contributed by atoms with Crippen LogP contribution >= 0.6 is 0 Å². The van der Waals surface area contributed by atoms with Crippen molar-refractivity contribution in [3.63, 3.8) is 0 Å². The Morgan fingerprint density at radius 1 is 0.867 bits per heavy atom. The Labute approximate surface area is 95.2 Å². The molecule has 1 heterocycles. The van der Waals surface area contributed by atoms with Gasteiger partial charge in [0.1, 0.15) is 0 Å². The van der Waals surface area contributed by atoms with Gasteiger partial charge in [0, 0.05) is 6.54 Å². The lowest BCUT2D eigenvalue weighted by Crippen LogP contribution is -2.31. The first-order chi connectivity index (χ1) is 7.34. The summed E-state index contributed by atoms with van der Waals surface area (Å²) in [5, 5.41) is 0. The predicted molar refractivity (Wildman–Crippen MR) is 66.0 cm³/mol. The molecule has 2 fully saturated rings. The Bertz CT molecular complexity index is 172. The van der Waals surface area contributed by atoms with Gasteiger partial charge in [-0.25, -0.2) is 0 Å². The Morgan fingerprint density at radius 3 is 2.47 bits per heavy atom. The van der Waals surface area contributed by atoms with E-state index in [1.54, 1.807) is 0 Å². The highest BCUT2D eigenvalue weighted by atomic mass is 15.1. The summed E-state index contributed by atoms with van der Waals surface area (Å²) >= 11 is 0. The standard InChI is InChI=1S/C14H27N/c1-13-6-5-10-15(11-9-13)12-14-7-3-2-4-8-14/h13-14H,2-12H2,1H3. The molecule has 15 heavy (non-hydrogen) atoms. The van der Waals surface area contributed by atoms with E-state index in [2.05, 4.69) is 11.8 Å². The molecule has 2 aliphatic rings. The zero-order chi connectivity index (χ0) is 10.5. The molecule has 1 aliphatic carbocycles. The summed E-state index contributed by atoms with van der Waals surface area (Å²) in [7, 11) is 0. The third-order valence-corrected chi connectivity index (χ3v) is 4.35. The van der Waals surface area contributed by atoms with Gasteiger partial charge in [-0.15, -0.1) is 0 Å². The molecular formula is C14H27N. The number of hydrogen-bond donors (Lipinski definition) is 0. The number of hydrogen-bond acceptors (Lipinski definition) is 1. The Kier molecular flexibility index (Phi) is 4.49. The number of likely N-dealkylation sites (tertiary alicyclic amines) is 1. The highest BCUT2D eigenvalue weighted by molar-refractivity contribution is 4.73. The molecule has 0 spiro atoms. The highest BCUT2D eigenvalue weighted by Gasteiger charge is 2.19. The fourth-order valence-corrected chi connectivity index (χ4v) is 3.24. The van der Waals surface area contributed by atoms with Crippen molar-refractivity contribution in [3.05, 3.63) is 0 Å². The Hall–Kier alpha value is -0.0400. The molecule has 1 saturated carbocycles. The van der Waals surface area contributed by atoms with Crippen LogP contribution in [0.4, 0.5) is 0 Å². The number of nitrogens with zero attached hydrogens (tertiary/aromatic N) is 1. The van der Waals surface area contributed by atoms with Gasteiger partial charge in [-0.2, -0.15) is 0 Å². The summed E-state index contributed by atoms with van der Waals surface area (Å²) < 4.78 is 0. The van der Waals surface area contributed by atoms with E-state index in [9.17, 15) is 0 Å². The molecule has 0 amide bonds. The summed E-state index contributed by atoms with van der Waals surface area (Å²) in [6, 6.07) is 0. The second-order valence-electron chi connectivity index (χ2n) is 5.84. The lowest BCUT2D eigenvalue weighted by molar-refractivity contribution is 0.205. The van der Waals surface area contributed by atoms with Crippen molar-refractivity contribution in [1.29, 1.82) is 0 Å². The van der Waals surface area contributed by atoms with Crippen molar-refractivity contribution in [2.45, 2.75) is 58.3 Å². The van der Waals surface area contributed by atoms with E-state index in [0.29, 0.717) is 0 Å². The van der Waals surface area contributed by atoms with Crippen LogP contribution in [0.1, 0.15) is 58.3 Å². The van der Waals surface area contributed by atoms with Crippen LogP contribution in [0.25, 0.3) is 0 Å². The SMILES string of the molecule is CC1CCCN(CC2CCCCC2)CC1. The summed E-state index contributed by atoms with van der Waals surface area (Å²) in [6.07, 6.45) is 11.8. The molecule has 1 atom stereocenters. The van der Waals surface area contributed by atoms with Crippen molar-refractivity contribution in [3.8, 4) is 0 Å². The molecule has 0 aromatic heterocycles. The molecule has 2 rings (SSSR count). The first-order valence-electron chi connectivity index (χ1n) is 7.07. The van der Waals surface area contributed by atoms with E-state index in [0.717, 1.165) is 11.8 Å². The molecule has 1 unspecified atom stereocenters. The van der Waals surface area contributed by atoms with Crippen LogP contribution < -0.4 is 0 Å². The average Bonchev–Trinajstić information content (AvgIpc) is 2.46. The zero-order valence-corrected chi connectivity index (χ0v) is 10.4. The normalized spacial score (nSPS) is 31.4. The van der Waals surface area contributed by atoms with Gasteiger partial charge in [-0.1, -0.05) is 26.2 Å². The summed E-state index contributed by atoms with van der Waals surface area (Å²) in [5.41, 5.74) is 0. The van der Waals surface area contributed by atoms with Crippen molar-refractivity contribution >= 4 is 0 Å². The second kappa shape index (κ2) is 5.89. The van der Waals surface area contributed by atoms with Crippen LogP contribution in [0.2, 0.25) is 0 Å². The van der Waals surface area contributed by atoms with Crippen LogP contribution in [0.5, 0.6) is 0 Å². The molecule has 1 heteroatoms. The monoisotopic (exact) mass is 209 g/mol. The molecular weight excluding hydrogens is 182 g/mol. The maximum Gasteiger partial charge on any atom is 0.000966 e. The van der Waals surface area contributed by atoms with Gasteiger partial charge in [0.25, 0.3) is 0 Å². The predicted octanol–water partition coefficient (Wildman–Crippen LogP) is 3.69. The fraction of sp³-hybridized carbons (Fsp3) is 1.00. The lowest BCUT2D eigenvalue weighted by Gasteiger charge is -2.28. The molecule has 0 bridgehead atoms. The zero-order valence-electron chi connectivity index (χ0n) is 10.4. The first kappa shape index (κ1) is 11.4. The fourth-order valence-electron chi connectivity index (χ4n) is 3.24. The maximum atomic E-state index is 2.75. The van der Waals surface area contributed by atoms with E-state index >= 15 is 0 Å². The van der Waals surface area contributed by atoms with Gasteiger partial charge in [0.05, 0.1) is 0 Å². The van der Waals surface area contributed by atoms with E-state index in [1.807, 2.05) is 0 Å². The maximum absolute atomic E-state index is 2.75. The minimum absolute atomic E-state index is 0.973. The van der Waals surface area contributed by atoms with E-state index in [-0.39, 0.29) is 0 Å². The lowest BCUT2D eigenvalue weighted by atomic mass is 9.89. The minimum Gasteiger partial charge on any atom is -0.303 e. The van der Waals surface area contributed by atoms with Crippen LogP contribution in [-0.4, -0.2) is 24.5 Å². The van der Waals surface area contributed by atoms with Gasteiger partial charge >= 0.3 is 0 Å². The molecule has 1 nitrogen and oxygen atoms in total. The van der Waals surface area contributed by atoms with Crippen LogP contribution in [-0.2, 0) is 0 Å². The summed E-state index contributed by atoms with van der Waals surface area (Å²) in [6.45, 7) is 6.58. The molecule has 1 aliphatic heterocycles. The van der Waals surface area contributed by atoms with Crippen molar-refractivity contribution < 1.29 is 0 Å². The summed E-state index contributed by atoms with van der Waals surface area (Å²) in [5.74, 6) is 2.01. The third kappa shape index (κ3) is 3.79. The average molecular weight is 209 g/mol. The Morgan fingerprint density at radius 2 is 1.67 bits per heavy atom. The van der Waals surface area contributed by atoms with Crippen molar-refractivity contribution in [2.24, 2.45) is 11.8 Å². The van der Waals surface area contributed by atoms with Gasteiger partial charge in [-0.3, -0.25) is 0 Å². The van der Waals surface area contributed by atoms with Crippen LogP contribution in [0, 0.1) is 11.8 Å². The molecule has 0 N–H and O–H groups in total. The quantitative estimate of drug-likeness (QED) is 0.670. The second-order valence-corrected chi connectivity index (χ2v) is 5.84. The largest absolute Gasteiger partial charge is 0.303 e. The molecule has 1 saturated heterocycles. The summed E-state index contributed by atoms with van der Waals surface area (Å²) in [4.78, 5) is 2.75. The molecule has 0 radical (unpaired) electrons. The smallest absolute Gasteiger partial charge is 0.000966 e. The third-order valence-electron chi connectivity index (χ3n) is 4.35. The molecule has 0 aromatic rings. The topological polar surface area (TPSA) is 3.24 Å². The Balaban J connectivity index is 1.72. The van der Waals surface area contributed by atoms with Gasteiger partial charge < -0.3 is 4.90 Å². The van der Waals surface area contributed by atoms with E-state index in [1.165, 1.54) is 71.0 Å². The molecule has 0 aromatic carbocycles. The molecule has 88 valence electrons. The van der Waals surface area contributed by atoms with E-state index < -0.39 is 0 Å². The van der Waals surface area contributed by atoms with Gasteiger partial charge in [0.15, 0.2) is 0 Å². The minimum atomic E-state index is 0.973. The van der Waals surface area contributed by atoms with Gasteiger partial charge in [-0.05, 0) is 57.0 Å². The number of rotatable bonds is 2. The van der Waals surface area contributed by atoms with E-state index in [4.69, 9.17) is 0 Å². The van der Waals surface area contributed by atoms with Crippen molar-refractivity contribution in [2.75, 3.05) is 19.6 Å². The van der Waals surface area contributed by atoms with Crippen molar-refractivity contribution in [1.82, 2.24) is 4.90 Å². The van der Waals surface area contributed by atoms with Gasteiger partial charge in [0.2, 0.25) is 0 Å². The van der Waals surface area contributed by atoms with Crippen LogP contribution in [0.3, 0.4) is 0 Å². The first-order valence-corrected chi connectivity index (χ1v) is 7.07. The highest BCUT2D eigenvalue weighted by Crippen LogP contribution is 2.25. The van der Waals surface area contributed by atoms with Crippen LogP contribution in [0.15, 0.2) is 0 Å².